The van der Waals surface area contributed by atoms with E-state index in [0.717, 1.165) is 11.0 Å². The Hall–Kier alpha value is -1.03. The van der Waals surface area contributed by atoms with E-state index in [0.29, 0.717) is 22.6 Å². The van der Waals surface area contributed by atoms with E-state index in [-0.39, 0.29) is 5.91 Å². The van der Waals surface area contributed by atoms with E-state index in [1.807, 2.05) is 12.1 Å². The van der Waals surface area contributed by atoms with Crippen LogP contribution in [0.3, 0.4) is 0 Å². The molecule has 0 aromatic heterocycles. The van der Waals surface area contributed by atoms with Crippen LogP contribution in [-0.4, -0.2) is 19.6 Å². The number of carbonyl (C=O) groups excluding carboxylic acids is 1. The zero-order valence-corrected chi connectivity index (χ0v) is 12.5. The lowest BCUT2D eigenvalue weighted by Gasteiger charge is -2.09. The molecule has 0 saturated heterocycles. The summed E-state index contributed by atoms with van der Waals surface area (Å²) in [5, 5.41) is 2.98. The number of hydrogen-bond donors (Lipinski definition) is 1. The lowest BCUT2D eigenvalue weighted by atomic mass is 10.1. The van der Waals surface area contributed by atoms with Crippen LogP contribution >= 0.6 is 15.9 Å². The summed E-state index contributed by atoms with van der Waals surface area (Å²) < 4.78 is 5.92. The Morgan fingerprint density at radius 3 is 2.78 bits per heavy atom. The number of carbonyl (C=O) groups is 1. The molecule has 1 aromatic rings. The Morgan fingerprint density at radius 2 is 2.22 bits per heavy atom. The molecule has 1 atom stereocenters. The number of ether oxygens (including phenoxy) is 1. The molecule has 98 valence electrons. The second-order valence-electron chi connectivity index (χ2n) is 5.45. The molecular weight excluding hydrogens is 294 g/mol. The summed E-state index contributed by atoms with van der Waals surface area (Å²) in [6, 6.07) is 5.40. The van der Waals surface area contributed by atoms with E-state index in [2.05, 4.69) is 35.1 Å². The highest BCUT2D eigenvalue weighted by atomic mass is 79.9. The van der Waals surface area contributed by atoms with E-state index < -0.39 is 0 Å². The topological polar surface area (TPSA) is 38.3 Å². The largest absolute Gasteiger partial charge is 0.497 e. The van der Waals surface area contributed by atoms with Crippen molar-refractivity contribution in [2.45, 2.75) is 20.3 Å². The van der Waals surface area contributed by atoms with Crippen LogP contribution in [0.2, 0.25) is 0 Å². The van der Waals surface area contributed by atoms with Gasteiger partial charge in [-0.1, -0.05) is 13.8 Å². The van der Waals surface area contributed by atoms with Crippen molar-refractivity contribution in [2.75, 3.05) is 13.7 Å². The first-order chi connectivity index (χ1) is 8.44. The Bertz CT molecular complexity index is 471. The quantitative estimate of drug-likeness (QED) is 0.927. The van der Waals surface area contributed by atoms with Gasteiger partial charge in [0.2, 0.25) is 0 Å². The Balaban J connectivity index is 2.00. The first kappa shape index (κ1) is 13.4. The van der Waals surface area contributed by atoms with Gasteiger partial charge in [0.25, 0.3) is 5.91 Å². The summed E-state index contributed by atoms with van der Waals surface area (Å²) in [5.41, 5.74) is 1.01. The maximum absolute atomic E-state index is 12.1. The molecule has 18 heavy (non-hydrogen) atoms. The first-order valence-electron chi connectivity index (χ1n) is 6.06. The molecule has 0 heterocycles. The summed E-state index contributed by atoms with van der Waals surface area (Å²) in [5.74, 6) is 1.24. The van der Waals surface area contributed by atoms with Gasteiger partial charge in [0.1, 0.15) is 5.75 Å². The Morgan fingerprint density at radius 1 is 1.56 bits per heavy atom. The second-order valence-corrected chi connectivity index (χ2v) is 6.30. The first-order valence-corrected chi connectivity index (χ1v) is 6.85. The maximum Gasteiger partial charge on any atom is 0.252 e. The van der Waals surface area contributed by atoms with Crippen molar-refractivity contribution in [1.82, 2.24) is 5.32 Å². The van der Waals surface area contributed by atoms with Gasteiger partial charge in [-0.15, -0.1) is 0 Å². The van der Waals surface area contributed by atoms with E-state index >= 15 is 0 Å². The Kier molecular flexibility index (Phi) is 3.66. The molecule has 0 radical (unpaired) electrons. The third kappa shape index (κ3) is 2.86. The average Bonchev–Trinajstić information content (AvgIpc) is 2.95. The monoisotopic (exact) mass is 311 g/mol. The van der Waals surface area contributed by atoms with Gasteiger partial charge in [-0.3, -0.25) is 4.79 Å². The zero-order valence-electron chi connectivity index (χ0n) is 10.9. The van der Waals surface area contributed by atoms with Gasteiger partial charge in [-0.25, -0.2) is 0 Å². The van der Waals surface area contributed by atoms with Crippen molar-refractivity contribution in [3.63, 3.8) is 0 Å². The van der Waals surface area contributed by atoms with Crippen LogP contribution in [0.1, 0.15) is 30.6 Å². The van der Waals surface area contributed by atoms with Crippen LogP contribution < -0.4 is 10.1 Å². The lowest BCUT2D eigenvalue weighted by Crippen LogP contribution is -2.26. The van der Waals surface area contributed by atoms with Crippen molar-refractivity contribution in [2.24, 2.45) is 11.3 Å². The molecule has 0 bridgehead atoms. The van der Waals surface area contributed by atoms with Gasteiger partial charge in [0.05, 0.1) is 12.7 Å². The second kappa shape index (κ2) is 4.92. The summed E-state index contributed by atoms with van der Waals surface area (Å²) in [6.45, 7) is 5.20. The van der Waals surface area contributed by atoms with Gasteiger partial charge in [-0.05, 0) is 51.9 Å². The molecule has 1 amide bonds. The highest BCUT2D eigenvalue weighted by Gasteiger charge is 2.45. The number of halogens is 1. The summed E-state index contributed by atoms with van der Waals surface area (Å²) >= 11 is 3.39. The molecule has 0 spiro atoms. The smallest absolute Gasteiger partial charge is 0.252 e. The van der Waals surface area contributed by atoms with Crippen LogP contribution in [0, 0.1) is 11.3 Å². The number of rotatable bonds is 4. The van der Waals surface area contributed by atoms with E-state index in [4.69, 9.17) is 4.74 Å². The molecule has 2 rings (SSSR count). The molecule has 4 heteroatoms. The summed E-state index contributed by atoms with van der Waals surface area (Å²) in [7, 11) is 1.59. The molecule has 0 aliphatic heterocycles. The summed E-state index contributed by atoms with van der Waals surface area (Å²) in [6.07, 6.45) is 1.19. The highest BCUT2D eigenvalue weighted by molar-refractivity contribution is 9.10. The minimum absolute atomic E-state index is 0.0523. The fraction of sp³-hybridized carbons (Fsp3) is 0.500. The third-order valence-corrected chi connectivity index (χ3v) is 4.34. The number of hydrogen-bond acceptors (Lipinski definition) is 2. The predicted octanol–water partition coefficient (Wildman–Crippen LogP) is 3.23. The summed E-state index contributed by atoms with van der Waals surface area (Å²) in [4.78, 5) is 12.1. The van der Waals surface area contributed by atoms with Gasteiger partial charge in [0, 0.05) is 11.0 Å². The van der Waals surface area contributed by atoms with E-state index in [1.165, 1.54) is 6.42 Å². The molecule has 1 aromatic carbocycles. The van der Waals surface area contributed by atoms with Crippen LogP contribution in [0.4, 0.5) is 0 Å². The third-order valence-electron chi connectivity index (χ3n) is 3.64. The Labute approximate surface area is 116 Å². The molecule has 1 unspecified atom stereocenters. The molecular formula is C14H18BrNO2. The average molecular weight is 312 g/mol. The number of benzene rings is 1. The molecule has 1 N–H and O–H groups in total. The van der Waals surface area contributed by atoms with Crippen molar-refractivity contribution in [1.29, 1.82) is 0 Å². The fourth-order valence-electron chi connectivity index (χ4n) is 2.04. The predicted molar refractivity (Wildman–Crippen MR) is 74.9 cm³/mol. The standard InChI is InChI=1S/C14H18BrNO2/c1-14(2)7-9(14)8-16-13(17)11-6-10(18-3)4-5-12(11)15/h4-6,9H,7-8H2,1-3H3,(H,16,17). The highest BCUT2D eigenvalue weighted by Crippen LogP contribution is 2.51. The minimum Gasteiger partial charge on any atom is -0.497 e. The van der Waals surface area contributed by atoms with Crippen LogP contribution in [0.5, 0.6) is 5.75 Å². The fourth-order valence-corrected chi connectivity index (χ4v) is 2.47. The molecule has 1 saturated carbocycles. The zero-order chi connectivity index (χ0) is 13.3. The SMILES string of the molecule is COc1ccc(Br)c(C(=O)NCC2CC2(C)C)c1. The van der Waals surface area contributed by atoms with E-state index in [1.54, 1.807) is 13.2 Å². The molecule has 1 aliphatic carbocycles. The minimum atomic E-state index is -0.0523. The van der Waals surface area contributed by atoms with Gasteiger partial charge >= 0.3 is 0 Å². The number of methoxy groups -OCH3 is 1. The van der Waals surface area contributed by atoms with Crippen molar-refractivity contribution in [3.8, 4) is 5.75 Å². The number of amides is 1. The molecule has 1 aliphatic rings. The van der Waals surface area contributed by atoms with Crippen LogP contribution in [0.15, 0.2) is 22.7 Å². The van der Waals surface area contributed by atoms with Crippen molar-refractivity contribution in [3.05, 3.63) is 28.2 Å². The van der Waals surface area contributed by atoms with Crippen molar-refractivity contribution >= 4 is 21.8 Å². The molecule has 1 fully saturated rings. The van der Waals surface area contributed by atoms with Gasteiger partial charge in [0.15, 0.2) is 0 Å². The maximum atomic E-state index is 12.1. The van der Waals surface area contributed by atoms with Gasteiger partial charge < -0.3 is 10.1 Å². The van der Waals surface area contributed by atoms with Crippen molar-refractivity contribution < 1.29 is 9.53 Å². The van der Waals surface area contributed by atoms with E-state index in [9.17, 15) is 4.79 Å². The van der Waals surface area contributed by atoms with Gasteiger partial charge in [-0.2, -0.15) is 0 Å². The lowest BCUT2D eigenvalue weighted by molar-refractivity contribution is 0.0949. The molecule has 3 nitrogen and oxygen atoms in total. The van der Waals surface area contributed by atoms with Crippen LogP contribution in [0.25, 0.3) is 0 Å². The van der Waals surface area contributed by atoms with Crippen LogP contribution in [-0.2, 0) is 0 Å². The normalized spacial score (nSPS) is 20.3. The number of nitrogens with one attached hydrogen (secondary N) is 1.